The Labute approximate surface area is 182 Å². The first kappa shape index (κ1) is 21.8. The number of esters is 1. The van der Waals surface area contributed by atoms with Crippen molar-refractivity contribution in [2.75, 3.05) is 18.1 Å². The Hall–Kier alpha value is -3.91. The second-order valence-corrected chi connectivity index (χ2v) is 7.19. The van der Waals surface area contributed by atoms with Crippen molar-refractivity contribution in [1.82, 2.24) is 0 Å². The van der Waals surface area contributed by atoms with E-state index in [4.69, 9.17) is 10.00 Å². The fourth-order valence-electron chi connectivity index (χ4n) is 3.17. The smallest absolute Gasteiger partial charge is 0.310 e. The zero-order valence-electron chi connectivity index (χ0n) is 17.5. The number of anilines is 1. The van der Waals surface area contributed by atoms with Gasteiger partial charge in [-0.2, -0.15) is 5.26 Å². The van der Waals surface area contributed by atoms with Crippen molar-refractivity contribution in [3.63, 3.8) is 0 Å². The van der Waals surface area contributed by atoms with Crippen LogP contribution in [0.15, 0.2) is 78.9 Å². The number of ether oxygens (including phenoxy) is 1. The van der Waals surface area contributed by atoms with E-state index in [-0.39, 0.29) is 31.9 Å². The predicted octanol–water partition coefficient (Wildman–Crippen LogP) is 4.69. The summed E-state index contributed by atoms with van der Waals surface area (Å²) in [6.45, 7) is 1.84. The Morgan fingerprint density at radius 1 is 0.903 bits per heavy atom. The summed E-state index contributed by atoms with van der Waals surface area (Å²) in [6, 6.07) is 27.2. The molecule has 5 heteroatoms. The molecule has 0 aliphatic heterocycles. The van der Waals surface area contributed by atoms with Crippen LogP contribution < -0.4 is 4.90 Å². The lowest BCUT2D eigenvalue weighted by atomic mass is 10.0. The van der Waals surface area contributed by atoms with E-state index in [0.29, 0.717) is 5.69 Å². The van der Waals surface area contributed by atoms with Gasteiger partial charge < -0.3 is 9.64 Å². The number of carbonyl (C=O) groups is 2. The lowest BCUT2D eigenvalue weighted by Crippen LogP contribution is -2.35. The number of nitriles is 1. The standard InChI is InChI=1S/C26H24N2O3/c1-20-8-14-24(15-9-20)28(17-5-16-27)25(29)19-31-26(30)18-21-10-12-23(13-11-21)22-6-3-2-4-7-22/h2-4,6-15H,5,17-19H2,1H3. The fraction of sp³-hybridized carbons (Fsp3) is 0.192. The quantitative estimate of drug-likeness (QED) is 0.503. The molecule has 0 atom stereocenters. The summed E-state index contributed by atoms with van der Waals surface area (Å²) < 4.78 is 5.22. The van der Waals surface area contributed by atoms with E-state index in [1.54, 1.807) is 0 Å². The largest absolute Gasteiger partial charge is 0.455 e. The summed E-state index contributed by atoms with van der Waals surface area (Å²) in [7, 11) is 0. The molecule has 0 radical (unpaired) electrons. The Morgan fingerprint density at radius 3 is 2.19 bits per heavy atom. The summed E-state index contributed by atoms with van der Waals surface area (Å²) in [5.41, 5.74) is 4.74. The number of carbonyl (C=O) groups excluding carboxylic acids is 2. The van der Waals surface area contributed by atoms with Gasteiger partial charge in [-0.05, 0) is 35.7 Å². The van der Waals surface area contributed by atoms with Gasteiger partial charge in [0.1, 0.15) is 0 Å². The van der Waals surface area contributed by atoms with E-state index in [1.165, 1.54) is 4.90 Å². The molecule has 5 nitrogen and oxygen atoms in total. The summed E-state index contributed by atoms with van der Waals surface area (Å²) in [5, 5.41) is 8.89. The maximum absolute atomic E-state index is 12.6. The van der Waals surface area contributed by atoms with E-state index in [1.807, 2.05) is 91.9 Å². The number of rotatable bonds is 8. The van der Waals surface area contributed by atoms with Gasteiger partial charge >= 0.3 is 5.97 Å². The highest BCUT2D eigenvalue weighted by Crippen LogP contribution is 2.20. The molecule has 0 spiro atoms. The molecule has 0 aliphatic carbocycles. The number of aryl methyl sites for hydroxylation is 1. The fourth-order valence-corrected chi connectivity index (χ4v) is 3.17. The molecule has 0 saturated heterocycles. The molecular weight excluding hydrogens is 388 g/mol. The summed E-state index contributed by atoms with van der Waals surface area (Å²) >= 11 is 0. The molecule has 0 aliphatic rings. The molecule has 31 heavy (non-hydrogen) atoms. The number of hydrogen-bond acceptors (Lipinski definition) is 4. The molecule has 0 saturated carbocycles. The maximum Gasteiger partial charge on any atom is 0.310 e. The molecule has 1 amide bonds. The van der Waals surface area contributed by atoms with Gasteiger partial charge in [0.15, 0.2) is 6.61 Å². The molecule has 156 valence electrons. The normalized spacial score (nSPS) is 10.2. The molecule has 0 fully saturated rings. The predicted molar refractivity (Wildman–Crippen MR) is 120 cm³/mol. The van der Waals surface area contributed by atoms with Gasteiger partial charge in [-0.1, -0.05) is 72.3 Å². The van der Waals surface area contributed by atoms with Gasteiger partial charge in [0.25, 0.3) is 5.91 Å². The zero-order chi connectivity index (χ0) is 22.1. The van der Waals surface area contributed by atoms with E-state index >= 15 is 0 Å². The number of nitrogens with zero attached hydrogens (tertiary/aromatic N) is 2. The lowest BCUT2D eigenvalue weighted by Gasteiger charge is -2.21. The summed E-state index contributed by atoms with van der Waals surface area (Å²) in [5.74, 6) is -0.822. The number of benzene rings is 3. The Bertz CT molecular complexity index is 1050. The highest BCUT2D eigenvalue weighted by atomic mass is 16.5. The number of amides is 1. The molecule has 0 N–H and O–H groups in total. The minimum atomic E-state index is -0.468. The lowest BCUT2D eigenvalue weighted by molar-refractivity contribution is -0.147. The highest BCUT2D eigenvalue weighted by Gasteiger charge is 2.17. The second-order valence-electron chi connectivity index (χ2n) is 7.19. The Balaban J connectivity index is 1.56. The van der Waals surface area contributed by atoms with Crippen molar-refractivity contribution in [3.05, 3.63) is 90.0 Å². The van der Waals surface area contributed by atoms with E-state index in [2.05, 4.69) is 0 Å². The van der Waals surface area contributed by atoms with Gasteiger partial charge in [-0.25, -0.2) is 0 Å². The van der Waals surface area contributed by atoms with Gasteiger partial charge in [-0.3, -0.25) is 9.59 Å². The van der Waals surface area contributed by atoms with Crippen LogP contribution in [0, 0.1) is 18.3 Å². The van der Waals surface area contributed by atoms with Crippen LogP contribution in [0.2, 0.25) is 0 Å². The van der Waals surface area contributed by atoms with Crippen LogP contribution in [-0.2, 0) is 20.7 Å². The molecule has 0 aromatic heterocycles. The molecule has 0 bridgehead atoms. The average molecular weight is 412 g/mol. The van der Waals surface area contributed by atoms with E-state index < -0.39 is 5.97 Å². The minimum Gasteiger partial charge on any atom is -0.455 e. The van der Waals surface area contributed by atoms with E-state index in [9.17, 15) is 9.59 Å². The van der Waals surface area contributed by atoms with Crippen molar-refractivity contribution in [2.45, 2.75) is 19.8 Å². The molecule has 3 aromatic carbocycles. The van der Waals surface area contributed by atoms with Gasteiger partial charge in [0.2, 0.25) is 0 Å². The van der Waals surface area contributed by atoms with Crippen LogP contribution in [0.4, 0.5) is 5.69 Å². The molecular formula is C26H24N2O3. The van der Waals surface area contributed by atoms with Crippen molar-refractivity contribution >= 4 is 17.6 Å². The third-order valence-corrected chi connectivity index (χ3v) is 4.86. The zero-order valence-corrected chi connectivity index (χ0v) is 17.5. The van der Waals surface area contributed by atoms with Crippen molar-refractivity contribution in [3.8, 4) is 17.2 Å². The topological polar surface area (TPSA) is 70.4 Å². The third kappa shape index (κ3) is 6.28. The first-order chi connectivity index (χ1) is 15.1. The third-order valence-electron chi connectivity index (χ3n) is 4.86. The summed E-state index contributed by atoms with van der Waals surface area (Å²) in [6.07, 6.45) is 0.284. The van der Waals surface area contributed by atoms with Crippen LogP contribution >= 0.6 is 0 Å². The molecule has 3 rings (SSSR count). The van der Waals surface area contributed by atoms with Crippen LogP contribution in [0.25, 0.3) is 11.1 Å². The SMILES string of the molecule is Cc1ccc(N(CCC#N)C(=O)COC(=O)Cc2ccc(-c3ccccc3)cc2)cc1. The highest BCUT2D eigenvalue weighted by molar-refractivity contribution is 5.95. The maximum atomic E-state index is 12.6. The Morgan fingerprint density at radius 2 is 1.55 bits per heavy atom. The van der Waals surface area contributed by atoms with Crippen molar-refractivity contribution in [2.24, 2.45) is 0 Å². The van der Waals surface area contributed by atoms with Crippen LogP contribution in [0.3, 0.4) is 0 Å². The van der Waals surface area contributed by atoms with Gasteiger partial charge in [-0.15, -0.1) is 0 Å². The van der Waals surface area contributed by atoms with Gasteiger partial charge in [0.05, 0.1) is 18.9 Å². The average Bonchev–Trinajstić information content (AvgIpc) is 2.80. The van der Waals surface area contributed by atoms with Crippen molar-refractivity contribution in [1.29, 1.82) is 5.26 Å². The second kappa shape index (κ2) is 10.7. The minimum absolute atomic E-state index is 0.0884. The number of hydrogen-bond donors (Lipinski definition) is 0. The Kier molecular flexibility index (Phi) is 7.56. The van der Waals surface area contributed by atoms with Crippen LogP contribution in [0.5, 0.6) is 0 Å². The molecule has 3 aromatic rings. The van der Waals surface area contributed by atoms with Crippen LogP contribution in [-0.4, -0.2) is 25.0 Å². The molecule has 0 unspecified atom stereocenters. The van der Waals surface area contributed by atoms with E-state index in [0.717, 1.165) is 22.3 Å². The first-order valence-electron chi connectivity index (χ1n) is 10.1. The monoisotopic (exact) mass is 412 g/mol. The summed E-state index contributed by atoms with van der Waals surface area (Å²) in [4.78, 5) is 26.4. The van der Waals surface area contributed by atoms with Crippen LogP contribution in [0.1, 0.15) is 17.5 Å². The van der Waals surface area contributed by atoms with Crippen molar-refractivity contribution < 1.29 is 14.3 Å². The first-order valence-corrected chi connectivity index (χ1v) is 10.1. The van der Waals surface area contributed by atoms with Gasteiger partial charge in [0, 0.05) is 12.2 Å². The molecule has 0 heterocycles.